The molecule has 0 amide bonds. The predicted octanol–water partition coefficient (Wildman–Crippen LogP) is 6.41. The second-order valence-electron chi connectivity index (χ2n) is 10.3. The summed E-state index contributed by atoms with van der Waals surface area (Å²) in [6.45, 7) is 14.5. The zero-order valence-electron chi connectivity index (χ0n) is 21.6. The molecule has 1 aromatic carbocycles. The fourth-order valence-electron chi connectivity index (χ4n) is 4.00. The van der Waals surface area contributed by atoms with Gasteiger partial charge in [-0.3, -0.25) is 0 Å². The van der Waals surface area contributed by atoms with Gasteiger partial charge in [0.25, 0.3) is 0 Å². The average molecular weight is 526 g/mol. The van der Waals surface area contributed by atoms with E-state index in [1.165, 1.54) is 19.9 Å². The summed E-state index contributed by atoms with van der Waals surface area (Å²) in [4.78, 5) is 13.8. The Morgan fingerprint density at radius 1 is 1.33 bits per heavy atom. The molecule has 2 heterocycles. The Morgan fingerprint density at radius 3 is 2.50 bits per heavy atom. The van der Waals surface area contributed by atoms with Crippen LogP contribution in [0, 0.1) is 24.5 Å². The van der Waals surface area contributed by atoms with Crippen molar-refractivity contribution in [1.82, 2.24) is 4.98 Å². The number of carbonyl (C=O) groups is 1. The highest BCUT2D eigenvalue weighted by Gasteiger charge is 2.42. The van der Waals surface area contributed by atoms with Crippen LogP contribution in [0.15, 0.2) is 36.5 Å². The van der Waals surface area contributed by atoms with Crippen LogP contribution in [0.4, 0.5) is 19.0 Å². The number of carbonyl (C=O) groups excluding carboxylic acids is 1. The van der Waals surface area contributed by atoms with Gasteiger partial charge < -0.3 is 20.6 Å². The molecule has 0 spiro atoms. The number of benzene rings is 1. The minimum Gasteiger partial charge on any atom is -0.371 e. The van der Waals surface area contributed by atoms with Crippen molar-refractivity contribution in [2.24, 2.45) is 11.7 Å². The van der Waals surface area contributed by atoms with Crippen LogP contribution in [0.1, 0.15) is 57.9 Å². The second-order valence-corrected chi connectivity index (χ2v) is 10.7. The largest absolute Gasteiger partial charge is 0.371 e. The van der Waals surface area contributed by atoms with Crippen molar-refractivity contribution in [2.45, 2.75) is 77.8 Å². The first kappa shape index (κ1) is 29.8. The summed E-state index contributed by atoms with van der Waals surface area (Å²) in [7, 11) is 0. The van der Waals surface area contributed by atoms with Crippen molar-refractivity contribution in [2.75, 3.05) is 5.32 Å². The van der Waals surface area contributed by atoms with Crippen LogP contribution in [0.5, 0.6) is 0 Å². The third-order valence-corrected chi connectivity index (χ3v) is 6.02. The van der Waals surface area contributed by atoms with Gasteiger partial charge in [0.15, 0.2) is 0 Å². The van der Waals surface area contributed by atoms with Crippen molar-refractivity contribution in [3.63, 3.8) is 0 Å². The molecular weight excluding hydrogens is 491 g/mol. The number of rotatable bonds is 7. The molecule has 1 saturated heterocycles. The zero-order chi connectivity index (χ0) is 27.4. The lowest BCUT2D eigenvalue weighted by molar-refractivity contribution is -0.108. The summed E-state index contributed by atoms with van der Waals surface area (Å²) in [5.74, 6) is -1.13. The number of aromatic nitrogens is 1. The topological polar surface area (TPSA) is 77.2 Å². The van der Waals surface area contributed by atoms with E-state index >= 15 is 0 Å². The van der Waals surface area contributed by atoms with Gasteiger partial charge in [0.1, 0.15) is 29.4 Å². The molecule has 0 radical (unpaired) electrons. The predicted molar refractivity (Wildman–Crippen MR) is 138 cm³/mol. The Bertz CT molecular complexity index is 1100. The van der Waals surface area contributed by atoms with Crippen molar-refractivity contribution in [3.8, 4) is 0 Å². The van der Waals surface area contributed by atoms with E-state index < -0.39 is 29.0 Å². The Morgan fingerprint density at radius 2 is 1.94 bits per heavy atom. The number of aldehydes is 1. The molecule has 3 N–H and O–H groups in total. The maximum absolute atomic E-state index is 14.5. The molecule has 3 atom stereocenters. The molecule has 3 unspecified atom stereocenters. The molecule has 3 rings (SSSR count). The SMILES string of the molecule is C=C(Nc1cc(C(C)(C)F)cc(C)n1)C1CC(C)(C)OC1Cc1cc(Cl)c(F)cc1F.CC(N)C=O. The summed E-state index contributed by atoms with van der Waals surface area (Å²) in [6, 6.07) is 5.16. The van der Waals surface area contributed by atoms with Crippen LogP contribution < -0.4 is 11.1 Å². The Balaban J connectivity index is 0.000000830. The summed E-state index contributed by atoms with van der Waals surface area (Å²) in [5.41, 5.74) is 5.08. The zero-order valence-corrected chi connectivity index (χ0v) is 22.3. The summed E-state index contributed by atoms with van der Waals surface area (Å²) in [5, 5.41) is 3.06. The molecule has 0 aliphatic carbocycles. The lowest BCUT2D eigenvalue weighted by Gasteiger charge is -2.23. The van der Waals surface area contributed by atoms with Crippen LogP contribution in [0.2, 0.25) is 5.02 Å². The number of pyridine rings is 1. The Hall–Kier alpha value is -2.42. The van der Waals surface area contributed by atoms with Gasteiger partial charge in [-0.2, -0.15) is 0 Å². The van der Waals surface area contributed by atoms with Gasteiger partial charge in [0.2, 0.25) is 0 Å². The van der Waals surface area contributed by atoms with Crippen molar-refractivity contribution in [3.05, 3.63) is 70.0 Å². The van der Waals surface area contributed by atoms with Gasteiger partial charge in [-0.15, -0.1) is 0 Å². The highest BCUT2D eigenvalue weighted by atomic mass is 35.5. The number of nitrogens with one attached hydrogen (secondary N) is 1. The number of nitrogens with zero attached hydrogens (tertiary/aromatic N) is 1. The van der Waals surface area contributed by atoms with Crippen molar-refractivity contribution in [1.29, 1.82) is 0 Å². The standard InChI is InChI=1S/C24H28ClF3N2O.C3H7NO/c1-13-7-16(24(5,6)28)10-22(29-13)30-14(2)17-12-23(3,4)31-21(17)9-15-8-18(25)20(27)11-19(15)26;1-3(4)2-5/h7-8,10-11,17,21H,2,9,12H2,1,3-6H3,(H,29,30);2-3H,4H2,1H3. The number of ether oxygens (including phenoxy) is 1. The van der Waals surface area contributed by atoms with Crippen molar-refractivity contribution >= 4 is 23.7 Å². The monoisotopic (exact) mass is 525 g/mol. The minimum atomic E-state index is -1.51. The molecular formula is C27H35ClF3N3O2. The summed E-state index contributed by atoms with van der Waals surface area (Å²) < 4.78 is 48.5. The third kappa shape index (κ3) is 8.32. The summed E-state index contributed by atoms with van der Waals surface area (Å²) in [6.07, 6.45) is 1.16. The molecule has 0 saturated carbocycles. The van der Waals surface area contributed by atoms with Gasteiger partial charge in [0, 0.05) is 29.8 Å². The molecule has 1 aliphatic heterocycles. The van der Waals surface area contributed by atoms with E-state index in [0.717, 1.165) is 6.07 Å². The maximum atomic E-state index is 14.5. The first-order valence-electron chi connectivity index (χ1n) is 11.7. The number of anilines is 1. The smallest absolute Gasteiger partial charge is 0.144 e. The van der Waals surface area contributed by atoms with Gasteiger partial charge in [-0.1, -0.05) is 18.2 Å². The van der Waals surface area contributed by atoms with Crippen LogP contribution in [0.25, 0.3) is 0 Å². The van der Waals surface area contributed by atoms with Crippen LogP contribution in [-0.2, 0) is 21.6 Å². The first-order chi connectivity index (χ1) is 16.5. The first-order valence-corrected chi connectivity index (χ1v) is 12.1. The fraction of sp³-hybridized carbons (Fsp3) is 0.481. The van der Waals surface area contributed by atoms with Gasteiger partial charge in [-0.05, 0) is 77.3 Å². The third-order valence-electron chi connectivity index (χ3n) is 5.73. The van der Waals surface area contributed by atoms with E-state index in [0.29, 0.717) is 35.5 Å². The molecule has 1 aromatic heterocycles. The Labute approximate surface area is 216 Å². The van der Waals surface area contributed by atoms with Crippen LogP contribution in [0.3, 0.4) is 0 Å². The minimum absolute atomic E-state index is 0.132. The van der Waals surface area contributed by atoms with Crippen LogP contribution in [-0.4, -0.2) is 29.0 Å². The van der Waals surface area contributed by atoms with Gasteiger partial charge in [-0.25, -0.2) is 18.2 Å². The molecule has 0 bridgehead atoms. The maximum Gasteiger partial charge on any atom is 0.144 e. The van der Waals surface area contributed by atoms with Gasteiger partial charge >= 0.3 is 0 Å². The quantitative estimate of drug-likeness (QED) is 0.322. The normalized spacial score (nSPS) is 19.8. The van der Waals surface area contributed by atoms with Crippen LogP contribution >= 0.6 is 11.6 Å². The molecule has 36 heavy (non-hydrogen) atoms. The van der Waals surface area contributed by atoms with E-state index in [4.69, 9.17) is 22.1 Å². The van der Waals surface area contributed by atoms with Gasteiger partial charge in [0.05, 0.1) is 22.8 Å². The second kappa shape index (κ2) is 11.8. The molecule has 1 fully saturated rings. The number of nitrogens with two attached hydrogens (primary N) is 1. The van der Waals surface area contributed by atoms with Crippen molar-refractivity contribution < 1.29 is 22.7 Å². The van der Waals surface area contributed by atoms with E-state index in [1.807, 2.05) is 13.8 Å². The lowest BCUT2D eigenvalue weighted by atomic mass is 9.89. The van der Waals surface area contributed by atoms with E-state index in [-0.39, 0.29) is 29.0 Å². The fourth-order valence-corrected chi connectivity index (χ4v) is 4.19. The number of hydrogen-bond acceptors (Lipinski definition) is 5. The van der Waals surface area contributed by atoms with E-state index in [1.54, 1.807) is 26.0 Å². The Kier molecular flexibility index (Phi) is 9.73. The molecule has 5 nitrogen and oxygen atoms in total. The number of alkyl halides is 1. The number of halogens is 4. The van der Waals surface area contributed by atoms with E-state index in [9.17, 15) is 18.0 Å². The van der Waals surface area contributed by atoms with E-state index in [2.05, 4.69) is 16.9 Å². The molecule has 9 heteroatoms. The molecule has 1 aliphatic rings. The summed E-state index contributed by atoms with van der Waals surface area (Å²) >= 11 is 5.85. The molecule has 2 aromatic rings. The molecule has 198 valence electrons. The number of aryl methyl sites for hydroxylation is 1. The average Bonchev–Trinajstić information content (AvgIpc) is 3.05. The highest BCUT2D eigenvalue weighted by Crippen LogP contribution is 2.40. The number of hydrogen-bond donors (Lipinski definition) is 2. The lowest BCUT2D eigenvalue weighted by Crippen LogP contribution is -2.25. The highest BCUT2D eigenvalue weighted by molar-refractivity contribution is 6.30.